The minimum absolute atomic E-state index is 0.0320. The van der Waals surface area contributed by atoms with Crippen LogP contribution in [0.15, 0.2) is 34.8 Å². The number of benzene rings is 2. The van der Waals surface area contributed by atoms with Crippen molar-refractivity contribution in [1.82, 2.24) is 0 Å². The van der Waals surface area contributed by atoms with E-state index in [1.54, 1.807) is 0 Å². The van der Waals surface area contributed by atoms with Gasteiger partial charge in [0.25, 0.3) is 0 Å². The Morgan fingerprint density at radius 3 is 2.60 bits per heavy atom. The molecule has 0 radical (unpaired) electrons. The molecule has 0 saturated heterocycles. The number of rotatable bonds is 3. The fourth-order valence-electron chi connectivity index (χ4n) is 1.94. The smallest absolute Gasteiger partial charge is 0.142 e. The summed E-state index contributed by atoms with van der Waals surface area (Å²) in [6, 6.07) is 8.55. The maximum Gasteiger partial charge on any atom is 0.142 e. The molecule has 5 heteroatoms. The zero-order chi connectivity index (χ0) is 14.9. The van der Waals surface area contributed by atoms with Gasteiger partial charge in [-0.25, -0.2) is 4.39 Å². The SMILES string of the molecule is Cc1c(Br)cccc1NC(C)c1cc(F)c(Cl)cc1Cl. The third kappa shape index (κ3) is 3.27. The van der Waals surface area contributed by atoms with Crippen LogP contribution in [0.25, 0.3) is 0 Å². The van der Waals surface area contributed by atoms with E-state index in [0.717, 1.165) is 15.7 Å². The third-order valence-corrected chi connectivity index (χ3v) is 4.62. The first-order valence-corrected chi connectivity index (χ1v) is 7.61. The molecule has 2 rings (SSSR count). The summed E-state index contributed by atoms with van der Waals surface area (Å²) >= 11 is 15.3. The van der Waals surface area contributed by atoms with Crippen LogP contribution in [0.3, 0.4) is 0 Å². The van der Waals surface area contributed by atoms with Crippen molar-refractivity contribution < 1.29 is 4.39 Å². The summed E-state index contributed by atoms with van der Waals surface area (Å²) in [6.45, 7) is 3.93. The summed E-state index contributed by atoms with van der Waals surface area (Å²) in [6.07, 6.45) is 0. The molecule has 1 unspecified atom stereocenters. The fraction of sp³-hybridized carbons (Fsp3) is 0.200. The topological polar surface area (TPSA) is 12.0 Å². The lowest BCUT2D eigenvalue weighted by Crippen LogP contribution is -2.09. The minimum atomic E-state index is -0.467. The molecule has 0 aliphatic carbocycles. The van der Waals surface area contributed by atoms with Crippen LogP contribution in [-0.2, 0) is 0 Å². The van der Waals surface area contributed by atoms with E-state index >= 15 is 0 Å². The summed E-state index contributed by atoms with van der Waals surface area (Å²) in [7, 11) is 0. The Bertz CT molecular complexity index is 646. The van der Waals surface area contributed by atoms with Crippen molar-refractivity contribution in [3.63, 3.8) is 0 Å². The van der Waals surface area contributed by atoms with Crippen LogP contribution in [0.1, 0.15) is 24.1 Å². The lowest BCUT2D eigenvalue weighted by Gasteiger charge is -2.19. The Labute approximate surface area is 136 Å². The van der Waals surface area contributed by atoms with Gasteiger partial charge in [-0.3, -0.25) is 0 Å². The molecule has 20 heavy (non-hydrogen) atoms. The van der Waals surface area contributed by atoms with Gasteiger partial charge in [-0.05, 0) is 49.2 Å². The van der Waals surface area contributed by atoms with Crippen LogP contribution < -0.4 is 5.32 Å². The van der Waals surface area contributed by atoms with Crippen molar-refractivity contribution in [2.24, 2.45) is 0 Å². The van der Waals surface area contributed by atoms with Gasteiger partial charge in [0.15, 0.2) is 0 Å². The summed E-state index contributed by atoms with van der Waals surface area (Å²) in [5.41, 5.74) is 2.73. The van der Waals surface area contributed by atoms with Crippen LogP contribution in [0.4, 0.5) is 10.1 Å². The van der Waals surface area contributed by atoms with Gasteiger partial charge >= 0.3 is 0 Å². The van der Waals surface area contributed by atoms with Gasteiger partial charge in [0.1, 0.15) is 5.82 Å². The molecule has 2 aromatic rings. The molecule has 0 heterocycles. The van der Waals surface area contributed by atoms with E-state index in [0.29, 0.717) is 10.6 Å². The molecule has 0 bridgehead atoms. The zero-order valence-corrected chi connectivity index (χ0v) is 14.1. The highest BCUT2D eigenvalue weighted by atomic mass is 79.9. The highest BCUT2D eigenvalue weighted by molar-refractivity contribution is 9.10. The first kappa shape index (κ1) is 15.6. The molecule has 1 atom stereocenters. The third-order valence-electron chi connectivity index (χ3n) is 3.15. The van der Waals surface area contributed by atoms with Gasteiger partial charge in [0.05, 0.1) is 11.1 Å². The predicted octanol–water partition coefficient (Wildman–Crippen LogP) is 6.38. The summed E-state index contributed by atoms with van der Waals surface area (Å²) in [4.78, 5) is 0. The molecule has 0 saturated carbocycles. The van der Waals surface area contributed by atoms with Gasteiger partial charge in [-0.1, -0.05) is 45.2 Å². The Morgan fingerprint density at radius 1 is 1.20 bits per heavy atom. The first-order valence-electron chi connectivity index (χ1n) is 6.06. The maximum atomic E-state index is 13.6. The Kier molecular flexibility index (Phi) is 4.95. The van der Waals surface area contributed by atoms with Crippen LogP contribution >= 0.6 is 39.1 Å². The van der Waals surface area contributed by atoms with Gasteiger partial charge in [-0.15, -0.1) is 0 Å². The van der Waals surface area contributed by atoms with E-state index in [2.05, 4.69) is 21.2 Å². The van der Waals surface area contributed by atoms with Gasteiger partial charge < -0.3 is 5.32 Å². The Balaban J connectivity index is 2.31. The summed E-state index contributed by atoms with van der Waals surface area (Å²) < 4.78 is 14.6. The number of hydrogen-bond acceptors (Lipinski definition) is 1. The largest absolute Gasteiger partial charge is 0.378 e. The van der Waals surface area contributed by atoms with E-state index in [4.69, 9.17) is 23.2 Å². The molecule has 1 nitrogen and oxygen atoms in total. The molecule has 1 N–H and O–H groups in total. The molecule has 0 spiro atoms. The van der Waals surface area contributed by atoms with Crippen molar-refractivity contribution in [3.8, 4) is 0 Å². The van der Waals surface area contributed by atoms with Crippen LogP contribution in [0, 0.1) is 12.7 Å². The van der Waals surface area contributed by atoms with Crippen molar-refractivity contribution in [1.29, 1.82) is 0 Å². The number of anilines is 1. The van der Waals surface area contributed by atoms with E-state index in [9.17, 15) is 4.39 Å². The molecule has 0 aliphatic heterocycles. The predicted molar refractivity (Wildman–Crippen MR) is 87.3 cm³/mol. The van der Waals surface area contributed by atoms with Crippen molar-refractivity contribution in [2.75, 3.05) is 5.32 Å². The molecular formula is C15H13BrCl2FN. The normalized spacial score (nSPS) is 12.3. The highest BCUT2D eigenvalue weighted by Gasteiger charge is 2.14. The Hall–Kier alpha value is -0.770. The second kappa shape index (κ2) is 6.33. The van der Waals surface area contributed by atoms with Gasteiger partial charge in [-0.2, -0.15) is 0 Å². The van der Waals surface area contributed by atoms with Gasteiger partial charge in [0, 0.05) is 15.2 Å². The molecule has 0 aliphatic rings. The summed E-state index contributed by atoms with van der Waals surface area (Å²) in [5, 5.41) is 3.81. The lowest BCUT2D eigenvalue weighted by molar-refractivity contribution is 0.624. The molecule has 0 fully saturated rings. The van der Waals surface area contributed by atoms with E-state index in [1.165, 1.54) is 12.1 Å². The number of nitrogens with one attached hydrogen (secondary N) is 1. The van der Waals surface area contributed by atoms with E-state index in [-0.39, 0.29) is 11.1 Å². The maximum absolute atomic E-state index is 13.6. The van der Waals surface area contributed by atoms with E-state index in [1.807, 2.05) is 32.0 Å². The van der Waals surface area contributed by atoms with Gasteiger partial charge in [0.2, 0.25) is 0 Å². The highest BCUT2D eigenvalue weighted by Crippen LogP contribution is 2.32. The molecule has 106 valence electrons. The fourth-order valence-corrected chi connectivity index (χ4v) is 2.86. The van der Waals surface area contributed by atoms with Crippen LogP contribution in [-0.4, -0.2) is 0 Å². The summed E-state index contributed by atoms with van der Waals surface area (Å²) in [5.74, 6) is -0.467. The molecule has 2 aromatic carbocycles. The zero-order valence-electron chi connectivity index (χ0n) is 11.0. The molecular weight excluding hydrogens is 364 g/mol. The first-order chi connectivity index (χ1) is 9.40. The monoisotopic (exact) mass is 375 g/mol. The minimum Gasteiger partial charge on any atom is -0.378 e. The molecule has 0 amide bonds. The second-order valence-corrected chi connectivity index (χ2v) is 6.23. The second-order valence-electron chi connectivity index (χ2n) is 4.57. The van der Waals surface area contributed by atoms with Crippen LogP contribution in [0.5, 0.6) is 0 Å². The molecule has 0 aromatic heterocycles. The number of halogens is 4. The average molecular weight is 377 g/mol. The van der Waals surface area contributed by atoms with E-state index < -0.39 is 5.82 Å². The number of hydrogen-bond donors (Lipinski definition) is 1. The van der Waals surface area contributed by atoms with Crippen LogP contribution in [0.2, 0.25) is 10.0 Å². The van der Waals surface area contributed by atoms with Crippen molar-refractivity contribution in [3.05, 3.63) is 61.8 Å². The standard InChI is InChI=1S/C15H13BrCl2FN/c1-8-11(16)4-3-5-15(8)20-9(2)10-6-14(19)13(18)7-12(10)17/h3-7,9,20H,1-2H3. The quantitative estimate of drug-likeness (QED) is 0.613. The van der Waals surface area contributed by atoms with Crippen molar-refractivity contribution in [2.45, 2.75) is 19.9 Å². The Morgan fingerprint density at radius 2 is 1.90 bits per heavy atom. The average Bonchev–Trinajstić information content (AvgIpc) is 2.39. The lowest BCUT2D eigenvalue weighted by atomic mass is 10.1. The van der Waals surface area contributed by atoms with Crippen molar-refractivity contribution >= 4 is 44.8 Å².